The molecule has 0 radical (unpaired) electrons. The number of hydrogen-bond donors (Lipinski definition) is 0. The summed E-state index contributed by atoms with van der Waals surface area (Å²) < 4.78 is 6.34. The highest BCUT2D eigenvalue weighted by molar-refractivity contribution is 8.00. The topological polar surface area (TPSA) is 43.1 Å². The predicted molar refractivity (Wildman–Crippen MR) is 88.4 cm³/mol. The molecule has 108 valence electrons. The van der Waals surface area contributed by atoms with Crippen LogP contribution in [0.15, 0.2) is 37.1 Å². The molecule has 2 heterocycles. The van der Waals surface area contributed by atoms with Crippen LogP contribution < -0.4 is 5.63 Å². The van der Waals surface area contributed by atoms with Crippen LogP contribution in [0.3, 0.4) is 0 Å². The predicted octanol–water partition coefficient (Wildman–Crippen LogP) is 4.47. The van der Waals surface area contributed by atoms with E-state index in [1.54, 1.807) is 29.2 Å². The minimum absolute atomic E-state index is 0.295. The molecule has 21 heavy (non-hydrogen) atoms. The lowest BCUT2D eigenvalue weighted by Gasteiger charge is -2.07. The zero-order valence-corrected chi connectivity index (χ0v) is 13.7. The van der Waals surface area contributed by atoms with Gasteiger partial charge in [-0.3, -0.25) is 0 Å². The number of benzene rings is 1. The Bertz CT molecular complexity index is 864. The third-order valence-electron chi connectivity index (χ3n) is 3.39. The van der Waals surface area contributed by atoms with Gasteiger partial charge in [0.2, 0.25) is 0 Å². The first-order chi connectivity index (χ1) is 10.0. The van der Waals surface area contributed by atoms with E-state index in [9.17, 15) is 4.79 Å². The van der Waals surface area contributed by atoms with E-state index in [1.807, 2.05) is 25.3 Å². The van der Waals surface area contributed by atoms with E-state index in [-0.39, 0.29) is 5.63 Å². The van der Waals surface area contributed by atoms with Gasteiger partial charge in [-0.25, -0.2) is 9.78 Å². The molecule has 0 unspecified atom stereocenters. The maximum Gasteiger partial charge on any atom is 0.336 e. The van der Waals surface area contributed by atoms with Crippen molar-refractivity contribution in [2.45, 2.75) is 30.9 Å². The molecule has 3 rings (SSSR count). The second kappa shape index (κ2) is 5.66. The molecule has 3 aromatic rings. The summed E-state index contributed by atoms with van der Waals surface area (Å²) in [5, 5.41) is 3.05. The maximum absolute atomic E-state index is 11.7. The standard InChI is InChI=1S/C16H15NO2S2/c1-9-4-13-12(8-21-16-17-11(3)7-20-16)6-15(18)19-14(13)5-10(9)2/h4-7H,8H2,1-3H3. The summed E-state index contributed by atoms with van der Waals surface area (Å²) in [7, 11) is 0. The van der Waals surface area contributed by atoms with Gasteiger partial charge in [-0.15, -0.1) is 11.3 Å². The van der Waals surface area contributed by atoms with Gasteiger partial charge in [0.05, 0.1) is 0 Å². The van der Waals surface area contributed by atoms with Crippen molar-refractivity contribution in [2.75, 3.05) is 0 Å². The van der Waals surface area contributed by atoms with Gasteiger partial charge in [-0.05, 0) is 49.6 Å². The van der Waals surface area contributed by atoms with Crippen LogP contribution in [0.1, 0.15) is 22.4 Å². The van der Waals surface area contributed by atoms with Gasteiger partial charge in [-0.1, -0.05) is 11.8 Å². The van der Waals surface area contributed by atoms with Crippen LogP contribution in [-0.4, -0.2) is 4.98 Å². The third-order valence-corrected chi connectivity index (χ3v) is 5.58. The molecule has 0 N–H and O–H groups in total. The molecule has 3 nitrogen and oxygen atoms in total. The molecule has 2 aromatic heterocycles. The second-order valence-corrected chi connectivity index (χ2v) is 7.15. The van der Waals surface area contributed by atoms with E-state index in [0.717, 1.165) is 32.3 Å². The van der Waals surface area contributed by atoms with Crippen LogP contribution in [0.25, 0.3) is 11.0 Å². The zero-order chi connectivity index (χ0) is 15.0. The van der Waals surface area contributed by atoms with Gasteiger partial charge in [0.1, 0.15) is 9.92 Å². The van der Waals surface area contributed by atoms with Crippen molar-refractivity contribution in [3.8, 4) is 0 Å². The normalized spacial score (nSPS) is 11.2. The lowest BCUT2D eigenvalue weighted by Crippen LogP contribution is -2.00. The van der Waals surface area contributed by atoms with Gasteiger partial charge in [-0.2, -0.15) is 0 Å². The largest absolute Gasteiger partial charge is 0.423 e. The summed E-state index contributed by atoms with van der Waals surface area (Å²) in [6, 6.07) is 5.62. The number of thiazole rings is 1. The summed E-state index contributed by atoms with van der Waals surface area (Å²) in [6.45, 7) is 6.08. The number of nitrogens with zero attached hydrogens (tertiary/aromatic N) is 1. The fourth-order valence-corrected chi connectivity index (χ4v) is 3.98. The zero-order valence-electron chi connectivity index (χ0n) is 12.1. The monoisotopic (exact) mass is 317 g/mol. The molecule has 5 heteroatoms. The Morgan fingerprint density at radius 3 is 2.67 bits per heavy atom. The Hall–Kier alpha value is -1.59. The van der Waals surface area contributed by atoms with Crippen molar-refractivity contribution < 1.29 is 4.42 Å². The van der Waals surface area contributed by atoms with Crippen LogP contribution in [0.5, 0.6) is 0 Å². The number of aryl methyl sites for hydroxylation is 3. The lowest BCUT2D eigenvalue weighted by molar-refractivity contribution is 0.559. The van der Waals surface area contributed by atoms with Crippen molar-refractivity contribution in [3.63, 3.8) is 0 Å². The van der Waals surface area contributed by atoms with E-state index < -0.39 is 0 Å². The third kappa shape index (κ3) is 3.04. The molecular formula is C16H15NO2S2. The average molecular weight is 317 g/mol. The summed E-state index contributed by atoms with van der Waals surface area (Å²) in [5.74, 6) is 0.720. The van der Waals surface area contributed by atoms with Gasteiger partial charge in [0, 0.05) is 28.3 Å². The van der Waals surface area contributed by atoms with Crippen molar-refractivity contribution in [3.05, 3.63) is 56.4 Å². The fraction of sp³-hybridized carbons (Fsp3) is 0.250. The molecule has 0 amide bonds. The number of thioether (sulfide) groups is 1. The highest BCUT2D eigenvalue weighted by Gasteiger charge is 2.09. The van der Waals surface area contributed by atoms with Crippen molar-refractivity contribution in [1.29, 1.82) is 0 Å². The summed E-state index contributed by atoms with van der Waals surface area (Å²) in [4.78, 5) is 16.2. The molecule has 0 bridgehead atoms. The second-order valence-electron chi connectivity index (χ2n) is 5.07. The van der Waals surface area contributed by atoms with Crippen molar-refractivity contribution in [2.24, 2.45) is 0 Å². The minimum Gasteiger partial charge on any atom is -0.423 e. The Morgan fingerprint density at radius 2 is 1.95 bits per heavy atom. The Labute approximate surface area is 131 Å². The number of aromatic nitrogens is 1. The smallest absolute Gasteiger partial charge is 0.336 e. The van der Waals surface area contributed by atoms with Gasteiger partial charge >= 0.3 is 5.63 Å². The SMILES string of the molecule is Cc1csc(SCc2cc(=O)oc3cc(C)c(C)cc23)n1. The summed E-state index contributed by atoms with van der Waals surface area (Å²) >= 11 is 3.29. The Morgan fingerprint density at radius 1 is 1.19 bits per heavy atom. The molecule has 0 fully saturated rings. The van der Waals surface area contributed by atoms with E-state index in [4.69, 9.17) is 4.42 Å². The lowest BCUT2D eigenvalue weighted by atomic mass is 10.0. The molecule has 0 saturated heterocycles. The van der Waals surface area contributed by atoms with E-state index in [2.05, 4.69) is 18.0 Å². The first kappa shape index (κ1) is 14.4. The van der Waals surface area contributed by atoms with Gasteiger partial charge < -0.3 is 4.42 Å². The van der Waals surface area contributed by atoms with Crippen molar-refractivity contribution in [1.82, 2.24) is 4.98 Å². The molecule has 1 aromatic carbocycles. The minimum atomic E-state index is -0.295. The molecule has 0 atom stereocenters. The van der Waals surface area contributed by atoms with Crippen LogP contribution in [0.4, 0.5) is 0 Å². The molecule has 0 aliphatic rings. The first-order valence-corrected chi connectivity index (χ1v) is 8.48. The molecule has 0 spiro atoms. The Kier molecular flexibility index (Phi) is 3.87. The van der Waals surface area contributed by atoms with Gasteiger partial charge in [0.25, 0.3) is 0 Å². The van der Waals surface area contributed by atoms with Gasteiger partial charge in [0.15, 0.2) is 0 Å². The van der Waals surface area contributed by atoms with Crippen LogP contribution in [-0.2, 0) is 5.75 Å². The number of hydrogen-bond acceptors (Lipinski definition) is 5. The maximum atomic E-state index is 11.7. The molecule has 0 aliphatic carbocycles. The number of rotatable bonds is 3. The van der Waals surface area contributed by atoms with E-state index in [0.29, 0.717) is 5.58 Å². The first-order valence-electron chi connectivity index (χ1n) is 6.62. The fourth-order valence-electron chi connectivity index (χ4n) is 2.14. The van der Waals surface area contributed by atoms with Crippen molar-refractivity contribution >= 4 is 34.1 Å². The Balaban J connectivity index is 2.00. The van der Waals surface area contributed by atoms with Crippen LogP contribution >= 0.6 is 23.1 Å². The number of fused-ring (bicyclic) bond motifs is 1. The molecule has 0 saturated carbocycles. The highest BCUT2D eigenvalue weighted by Crippen LogP contribution is 2.29. The average Bonchev–Trinajstić information content (AvgIpc) is 2.84. The molecule has 0 aliphatic heterocycles. The molecular weight excluding hydrogens is 302 g/mol. The quantitative estimate of drug-likeness (QED) is 0.528. The van der Waals surface area contributed by atoms with E-state index >= 15 is 0 Å². The summed E-state index contributed by atoms with van der Waals surface area (Å²) in [6.07, 6.45) is 0. The summed E-state index contributed by atoms with van der Waals surface area (Å²) in [5.41, 5.74) is 4.74. The van der Waals surface area contributed by atoms with E-state index in [1.165, 1.54) is 5.56 Å². The highest BCUT2D eigenvalue weighted by atomic mass is 32.2. The van der Waals surface area contributed by atoms with Crippen LogP contribution in [0.2, 0.25) is 0 Å². The van der Waals surface area contributed by atoms with Crippen LogP contribution in [0, 0.1) is 20.8 Å².